The molecule has 0 aliphatic rings. The van der Waals surface area contributed by atoms with Gasteiger partial charge in [-0.05, 0) is 122 Å². The zero-order chi connectivity index (χ0) is 42.3. The Balaban J connectivity index is 1.47. The first-order valence-corrected chi connectivity index (χ1v) is 20.3. The molecule has 1 amide bonds. The number of carbonyl (C=O) groups excluding carboxylic acids is 2. The van der Waals surface area contributed by atoms with E-state index in [0.717, 1.165) is 34.1 Å². The van der Waals surface area contributed by atoms with Gasteiger partial charge in [0.15, 0.2) is 0 Å². The molecule has 310 valence electrons. The number of carbonyl (C=O) groups is 2. The van der Waals surface area contributed by atoms with Crippen LogP contribution in [0.1, 0.15) is 104 Å². The maximum Gasteiger partial charge on any atom is 0.407 e. The van der Waals surface area contributed by atoms with Crippen molar-refractivity contribution >= 4 is 24.2 Å². The fourth-order valence-corrected chi connectivity index (χ4v) is 6.21. The van der Waals surface area contributed by atoms with Crippen LogP contribution >= 0.6 is 0 Å². The van der Waals surface area contributed by atoms with Gasteiger partial charge in [0.2, 0.25) is 0 Å². The van der Waals surface area contributed by atoms with Gasteiger partial charge >= 0.3 is 12.1 Å². The molecule has 0 aromatic heterocycles. The van der Waals surface area contributed by atoms with Gasteiger partial charge in [0.25, 0.3) is 0 Å². The summed E-state index contributed by atoms with van der Waals surface area (Å²) in [5.74, 6) is 2.74. The van der Waals surface area contributed by atoms with Crippen molar-refractivity contribution in [3.05, 3.63) is 131 Å². The molecule has 1 N–H and O–H groups in total. The topological polar surface area (TPSA) is 86.3 Å². The smallest absolute Gasteiger partial charge is 0.407 e. The number of ether oxygens (including phenoxy) is 4. The summed E-state index contributed by atoms with van der Waals surface area (Å²) >= 11 is 0. The quantitative estimate of drug-likeness (QED) is 0.0842. The molecule has 0 radical (unpaired) electrons. The van der Waals surface area contributed by atoms with E-state index in [1.54, 1.807) is 0 Å². The number of methoxy groups -OCH3 is 1. The number of unbranched alkanes of at least 4 members (excludes halogenated alkanes) is 1. The fraction of sp³-hybridized carbons (Fsp3) is 0.400. The van der Waals surface area contributed by atoms with Gasteiger partial charge in [-0.1, -0.05) is 114 Å². The molecule has 0 fully saturated rings. The summed E-state index contributed by atoms with van der Waals surface area (Å²) in [6.07, 6.45) is 9.69. The Morgan fingerprint density at radius 3 is 1.52 bits per heavy atom. The van der Waals surface area contributed by atoms with Crippen LogP contribution in [-0.2, 0) is 25.1 Å². The maximum atomic E-state index is 13.3. The molecular formula is C50H64N2O6. The molecule has 8 nitrogen and oxygen atoms in total. The molecule has 4 rings (SSSR count). The number of hydrogen-bond donors (Lipinski definition) is 1. The van der Waals surface area contributed by atoms with Crippen molar-refractivity contribution in [2.24, 2.45) is 0 Å². The highest BCUT2D eigenvalue weighted by Gasteiger charge is 2.25. The summed E-state index contributed by atoms with van der Waals surface area (Å²) in [4.78, 5) is 27.6. The summed E-state index contributed by atoms with van der Waals surface area (Å²) in [5, 5.41) is 2.81. The van der Waals surface area contributed by atoms with Gasteiger partial charge in [-0.25, -0.2) is 4.79 Å². The minimum atomic E-state index is -0.568. The normalized spacial score (nSPS) is 12.8. The zero-order valence-electron chi connectivity index (χ0n) is 36.3. The van der Waals surface area contributed by atoms with Crippen molar-refractivity contribution in [3.63, 3.8) is 0 Å². The molecule has 0 unspecified atom stereocenters. The number of esters is 1. The molecule has 0 bridgehead atoms. The van der Waals surface area contributed by atoms with E-state index in [2.05, 4.69) is 88.2 Å². The monoisotopic (exact) mass is 788 g/mol. The third-order valence-corrected chi connectivity index (χ3v) is 9.42. The second-order valence-corrected chi connectivity index (χ2v) is 17.6. The van der Waals surface area contributed by atoms with E-state index in [1.165, 1.54) is 18.2 Å². The van der Waals surface area contributed by atoms with Gasteiger partial charge in [0, 0.05) is 19.6 Å². The highest BCUT2D eigenvalue weighted by molar-refractivity contribution is 5.75. The Bertz CT molecular complexity index is 1850. The van der Waals surface area contributed by atoms with Gasteiger partial charge in [-0.15, -0.1) is 0 Å². The van der Waals surface area contributed by atoms with Crippen molar-refractivity contribution in [1.82, 2.24) is 10.2 Å². The van der Waals surface area contributed by atoms with E-state index in [4.69, 9.17) is 18.9 Å². The maximum absolute atomic E-state index is 13.3. The van der Waals surface area contributed by atoms with Crippen molar-refractivity contribution in [1.29, 1.82) is 0 Å². The SMILES string of the molecule is COC(=O)[C@H](CCCCNC(=O)OC(C)(C)C)N(C/C=C/c1cccc(Oc2ccc(C(C)(C)C)cc2)c1)C/C=C/c1cccc(Oc2ccc(C(C)(C)C)cc2)c1. The minimum absolute atomic E-state index is 0.0680. The molecule has 1 atom stereocenters. The Labute approximate surface area is 347 Å². The Morgan fingerprint density at radius 1 is 0.638 bits per heavy atom. The molecule has 0 aliphatic heterocycles. The summed E-state index contributed by atoms with van der Waals surface area (Å²) in [6.45, 7) is 20.1. The van der Waals surface area contributed by atoms with Crippen LogP contribution in [0.25, 0.3) is 12.2 Å². The second kappa shape index (κ2) is 20.9. The number of nitrogens with one attached hydrogen (secondary N) is 1. The third-order valence-electron chi connectivity index (χ3n) is 9.42. The lowest BCUT2D eigenvalue weighted by atomic mass is 9.87. The first-order chi connectivity index (χ1) is 27.4. The van der Waals surface area contributed by atoms with Crippen LogP contribution in [0.4, 0.5) is 4.79 Å². The number of hydrogen-bond acceptors (Lipinski definition) is 7. The molecule has 0 aliphatic carbocycles. The number of amides is 1. The average Bonchev–Trinajstić information content (AvgIpc) is 3.15. The molecule has 4 aromatic rings. The summed E-state index contributed by atoms with van der Waals surface area (Å²) in [5.41, 5.74) is 4.02. The van der Waals surface area contributed by atoms with Gasteiger partial charge in [0.1, 0.15) is 34.6 Å². The fourth-order valence-electron chi connectivity index (χ4n) is 6.21. The van der Waals surface area contributed by atoms with Crippen LogP contribution < -0.4 is 14.8 Å². The summed E-state index contributed by atoms with van der Waals surface area (Å²) in [6, 6.07) is 31.8. The van der Waals surface area contributed by atoms with Crippen LogP contribution in [0.3, 0.4) is 0 Å². The van der Waals surface area contributed by atoms with Crippen molar-refractivity contribution < 1.29 is 28.5 Å². The number of rotatable bonds is 17. The highest BCUT2D eigenvalue weighted by Crippen LogP contribution is 2.29. The lowest BCUT2D eigenvalue weighted by Crippen LogP contribution is -2.42. The second-order valence-electron chi connectivity index (χ2n) is 17.6. The van der Waals surface area contributed by atoms with Crippen LogP contribution in [-0.4, -0.2) is 55.3 Å². The molecule has 0 spiro atoms. The molecule has 0 heterocycles. The molecule has 58 heavy (non-hydrogen) atoms. The third kappa shape index (κ3) is 15.5. The van der Waals surface area contributed by atoms with Gasteiger partial charge in [0.05, 0.1) is 7.11 Å². The number of benzene rings is 4. The standard InChI is InChI=1S/C50H64N2O6/c1-48(2,3)39-24-28-41(29-25-39)56-43-21-13-17-37(35-43)19-15-33-52(45(46(53)55-10)23-11-12-32-51-47(54)58-50(7,8)9)34-16-20-38-18-14-22-44(36-38)57-42-30-26-40(27-31-42)49(4,5)6/h13-22,24-31,35-36,45H,11-12,23,32-34H2,1-10H3,(H,51,54)/b19-15+,20-16+/t45-/m0/s1. The molecule has 0 saturated heterocycles. The lowest BCUT2D eigenvalue weighted by molar-refractivity contribution is -0.146. The molecule has 4 aromatic carbocycles. The predicted molar refractivity (Wildman–Crippen MR) is 237 cm³/mol. The van der Waals surface area contributed by atoms with Crippen molar-refractivity contribution in [2.75, 3.05) is 26.7 Å². The van der Waals surface area contributed by atoms with E-state index in [0.29, 0.717) is 38.9 Å². The van der Waals surface area contributed by atoms with Gasteiger partial charge in [-0.2, -0.15) is 0 Å². The largest absolute Gasteiger partial charge is 0.468 e. The van der Waals surface area contributed by atoms with E-state index < -0.39 is 17.7 Å². The van der Waals surface area contributed by atoms with Crippen molar-refractivity contribution in [2.45, 2.75) is 104 Å². The predicted octanol–water partition coefficient (Wildman–Crippen LogP) is 12.1. The number of nitrogens with zero attached hydrogens (tertiary/aromatic N) is 1. The average molecular weight is 789 g/mol. The van der Waals surface area contributed by atoms with Gasteiger partial charge in [-0.3, -0.25) is 9.69 Å². The van der Waals surface area contributed by atoms with Crippen LogP contribution in [0.15, 0.2) is 109 Å². The Kier molecular flexibility index (Phi) is 16.3. The number of alkyl carbamates (subject to hydrolysis) is 1. The van der Waals surface area contributed by atoms with Gasteiger partial charge < -0.3 is 24.3 Å². The van der Waals surface area contributed by atoms with E-state index in [9.17, 15) is 9.59 Å². The Morgan fingerprint density at radius 2 is 1.10 bits per heavy atom. The lowest BCUT2D eigenvalue weighted by Gasteiger charge is -2.28. The zero-order valence-corrected chi connectivity index (χ0v) is 36.3. The van der Waals surface area contributed by atoms with E-state index >= 15 is 0 Å². The minimum Gasteiger partial charge on any atom is -0.468 e. The summed E-state index contributed by atoms with van der Waals surface area (Å²) < 4.78 is 23.1. The first-order valence-electron chi connectivity index (χ1n) is 20.3. The Hall–Kier alpha value is -5.34. The van der Waals surface area contributed by atoms with Crippen molar-refractivity contribution in [3.8, 4) is 23.0 Å². The van der Waals surface area contributed by atoms with E-state index in [-0.39, 0.29) is 16.8 Å². The first kappa shape index (κ1) is 45.4. The molecular weight excluding hydrogens is 725 g/mol. The summed E-state index contributed by atoms with van der Waals surface area (Å²) in [7, 11) is 1.42. The molecule has 8 heteroatoms. The molecule has 0 saturated carbocycles. The van der Waals surface area contributed by atoms with Crippen LogP contribution in [0.5, 0.6) is 23.0 Å². The van der Waals surface area contributed by atoms with E-state index in [1.807, 2.05) is 106 Å². The highest BCUT2D eigenvalue weighted by atomic mass is 16.6. The van der Waals surface area contributed by atoms with Crippen LogP contribution in [0.2, 0.25) is 0 Å². The van der Waals surface area contributed by atoms with Crippen LogP contribution in [0, 0.1) is 0 Å².